The van der Waals surface area contributed by atoms with E-state index in [2.05, 4.69) is 4.98 Å². The maximum absolute atomic E-state index is 6.15. The van der Waals surface area contributed by atoms with Crippen molar-refractivity contribution in [1.29, 1.82) is 0 Å². The molecular weight excluding hydrogens is 313 g/mol. The fraction of sp³-hybridized carbons (Fsp3) is 0.267. The van der Waals surface area contributed by atoms with E-state index in [1.165, 1.54) is 0 Å². The van der Waals surface area contributed by atoms with Gasteiger partial charge in [0.15, 0.2) is 11.5 Å². The zero-order valence-electron chi connectivity index (χ0n) is 11.7. The monoisotopic (exact) mass is 327 g/mol. The van der Waals surface area contributed by atoms with Crippen LogP contribution in [0, 0.1) is 0 Å². The Bertz CT molecular complexity index is 620. The van der Waals surface area contributed by atoms with Gasteiger partial charge in [0.25, 0.3) is 0 Å². The molecule has 0 aliphatic heterocycles. The van der Waals surface area contributed by atoms with E-state index in [1.807, 2.05) is 12.1 Å². The van der Waals surface area contributed by atoms with Crippen LogP contribution in [0.1, 0.15) is 11.3 Å². The lowest BCUT2D eigenvalue weighted by Gasteiger charge is -2.14. The molecule has 0 aliphatic rings. The highest BCUT2D eigenvalue weighted by molar-refractivity contribution is 6.32. The molecule has 0 N–H and O–H groups in total. The summed E-state index contributed by atoms with van der Waals surface area (Å²) in [5, 5.41) is 0.509. The highest BCUT2D eigenvalue weighted by Crippen LogP contribution is 2.33. The number of methoxy groups -OCH3 is 2. The fourth-order valence-corrected chi connectivity index (χ4v) is 2.37. The Hall–Kier alpha value is -1.65. The first-order chi connectivity index (χ1) is 10.2. The summed E-state index contributed by atoms with van der Waals surface area (Å²) >= 11 is 12.0. The zero-order valence-corrected chi connectivity index (χ0v) is 13.2. The number of rotatable bonds is 6. The third-order valence-electron chi connectivity index (χ3n) is 2.91. The van der Waals surface area contributed by atoms with E-state index in [1.54, 1.807) is 32.5 Å². The van der Waals surface area contributed by atoms with Crippen molar-refractivity contribution in [2.75, 3.05) is 14.2 Å². The van der Waals surface area contributed by atoms with Crippen LogP contribution in [0.15, 0.2) is 30.5 Å². The first kappa shape index (κ1) is 15.7. The summed E-state index contributed by atoms with van der Waals surface area (Å²) in [5.74, 6) is 2.02. The maximum Gasteiger partial charge on any atom is 0.185 e. The van der Waals surface area contributed by atoms with E-state index < -0.39 is 0 Å². The van der Waals surface area contributed by atoms with E-state index in [0.717, 1.165) is 5.56 Å². The van der Waals surface area contributed by atoms with Crippen LogP contribution in [0.4, 0.5) is 0 Å². The quantitative estimate of drug-likeness (QED) is 0.750. The molecule has 21 heavy (non-hydrogen) atoms. The van der Waals surface area contributed by atoms with Crippen molar-refractivity contribution in [2.24, 2.45) is 0 Å². The minimum absolute atomic E-state index is 0.202. The molecule has 0 aliphatic carbocycles. The molecule has 2 aromatic rings. The Morgan fingerprint density at radius 3 is 2.57 bits per heavy atom. The summed E-state index contributed by atoms with van der Waals surface area (Å²) in [7, 11) is 3.13. The Kier molecular flexibility index (Phi) is 5.53. The van der Waals surface area contributed by atoms with E-state index in [-0.39, 0.29) is 6.61 Å². The fourth-order valence-electron chi connectivity index (χ4n) is 1.91. The molecule has 0 bridgehead atoms. The summed E-state index contributed by atoms with van der Waals surface area (Å²) in [6, 6.07) is 7.17. The first-order valence-electron chi connectivity index (χ1n) is 6.23. The molecule has 1 aromatic heterocycles. The van der Waals surface area contributed by atoms with Gasteiger partial charge in [-0.3, -0.25) is 4.98 Å². The molecule has 0 radical (unpaired) electrons. The van der Waals surface area contributed by atoms with E-state index in [4.69, 9.17) is 37.4 Å². The largest absolute Gasteiger partial charge is 0.493 e. The van der Waals surface area contributed by atoms with E-state index in [9.17, 15) is 0 Å². The predicted octanol–water partition coefficient (Wildman–Crippen LogP) is 4.07. The number of pyridine rings is 1. The van der Waals surface area contributed by atoms with Gasteiger partial charge < -0.3 is 14.2 Å². The Morgan fingerprint density at radius 1 is 1.10 bits per heavy atom. The number of alkyl halides is 1. The lowest BCUT2D eigenvalue weighted by atomic mass is 10.2. The number of hydrogen-bond donors (Lipinski definition) is 0. The van der Waals surface area contributed by atoms with Crippen molar-refractivity contribution in [2.45, 2.75) is 12.5 Å². The molecule has 0 fully saturated rings. The van der Waals surface area contributed by atoms with Crippen molar-refractivity contribution in [1.82, 2.24) is 4.98 Å². The molecule has 2 rings (SSSR count). The number of para-hydroxylation sites is 1. The van der Waals surface area contributed by atoms with Crippen LogP contribution in [0.25, 0.3) is 0 Å². The van der Waals surface area contributed by atoms with Gasteiger partial charge in [-0.15, -0.1) is 11.6 Å². The number of halogens is 2. The molecule has 0 spiro atoms. The molecule has 1 heterocycles. The van der Waals surface area contributed by atoms with Crippen LogP contribution >= 0.6 is 23.2 Å². The molecule has 0 unspecified atom stereocenters. The maximum atomic E-state index is 6.15. The van der Waals surface area contributed by atoms with Gasteiger partial charge in [0, 0.05) is 17.8 Å². The third kappa shape index (κ3) is 3.52. The smallest absolute Gasteiger partial charge is 0.185 e. The summed E-state index contributed by atoms with van der Waals surface area (Å²) < 4.78 is 16.3. The number of nitrogens with zero attached hydrogens (tertiary/aromatic N) is 1. The van der Waals surface area contributed by atoms with Gasteiger partial charge in [0.1, 0.15) is 18.1 Å². The molecule has 1 aromatic carbocycles. The highest BCUT2D eigenvalue weighted by atomic mass is 35.5. The molecule has 112 valence electrons. The Labute approximate surface area is 133 Å². The van der Waals surface area contributed by atoms with Crippen molar-refractivity contribution >= 4 is 23.2 Å². The second-order valence-electron chi connectivity index (χ2n) is 4.14. The van der Waals surface area contributed by atoms with Crippen molar-refractivity contribution in [3.8, 4) is 17.2 Å². The number of benzene rings is 1. The predicted molar refractivity (Wildman–Crippen MR) is 82.7 cm³/mol. The SMILES string of the molecule is COc1ccnc(COc2c(Cl)cccc2CCl)c1OC. The van der Waals surface area contributed by atoms with Gasteiger partial charge in [-0.2, -0.15) is 0 Å². The van der Waals surface area contributed by atoms with Gasteiger partial charge >= 0.3 is 0 Å². The molecule has 0 saturated carbocycles. The molecule has 0 atom stereocenters. The van der Waals surface area contributed by atoms with Gasteiger partial charge in [0.2, 0.25) is 0 Å². The van der Waals surface area contributed by atoms with Crippen molar-refractivity contribution in [3.63, 3.8) is 0 Å². The minimum atomic E-state index is 0.202. The molecule has 4 nitrogen and oxygen atoms in total. The van der Waals surface area contributed by atoms with Crippen molar-refractivity contribution < 1.29 is 14.2 Å². The number of aromatic nitrogens is 1. The molecular formula is C15H15Cl2NO3. The van der Waals surface area contributed by atoms with Gasteiger partial charge in [-0.25, -0.2) is 0 Å². The van der Waals surface area contributed by atoms with Crippen LogP contribution in [0.2, 0.25) is 5.02 Å². The van der Waals surface area contributed by atoms with E-state index in [0.29, 0.717) is 33.8 Å². The van der Waals surface area contributed by atoms with Crippen LogP contribution in [-0.2, 0) is 12.5 Å². The standard InChI is InChI=1S/C15H15Cl2NO3/c1-19-13-6-7-18-12(15(13)20-2)9-21-14-10(8-16)4-3-5-11(14)17/h3-7H,8-9H2,1-2H3. The third-order valence-corrected chi connectivity index (χ3v) is 3.50. The average Bonchev–Trinajstić information content (AvgIpc) is 2.52. The van der Waals surface area contributed by atoms with Crippen LogP contribution in [-0.4, -0.2) is 19.2 Å². The average molecular weight is 328 g/mol. The summed E-state index contributed by atoms with van der Waals surface area (Å²) in [6.45, 7) is 0.202. The molecule has 0 amide bonds. The Balaban J connectivity index is 2.25. The summed E-state index contributed by atoms with van der Waals surface area (Å²) in [5.41, 5.74) is 1.45. The highest BCUT2D eigenvalue weighted by Gasteiger charge is 2.14. The zero-order chi connectivity index (χ0) is 15.2. The second kappa shape index (κ2) is 7.38. The van der Waals surface area contributed by atoms with Gasteiger partial charge in [-0.05, 0) is 6.07 Å². The minimum Gasteiger partial charge on any atom is -0.493 e. The van der Waals surface area contributed by atoms with Crippen LogP contribution in [0.5, 0.6) is 17.2 Å². The number of ether oxygens (including phenoxy) is 3. The van der Waals surface area contributed by atoms with Crippen LogP contribution in [0.3, 0.4) is 0 Å². The summed E-state index contributed by atoms with van der Waals surface area (Å²) in [6.07, 6.45) is 1.63. The molecule has 6 heteroatoms. The van der Waals surface area contributed by atoms with E-state index >= 15 is 0 Å². The normalized spacial score (nSPS) is 10.3. The van der Waals surface area contributed by atoms with Crippen LogP contribution < -0.4 is 14.2 Å². The first-order valence-corrected chi connectivity index (χ1v) is 7.14. The second-order valence-corrected chi connectivity index (χ2v) is 4.82. The topological polar surface area (TPSA) is 40.6 Å². The summed E-state index contributed by atoms with van der Waals surface area (Å²) in [4.78, 5) is 4.25. The van der Waals surface area contributed by atoms with Crippen molar-refractivity contribution in [3.05, 3.63) is 46.7 Å². The Morgan fingerprint density at radius 2 is 1.90 bits per heavy atom. The lowest BCUT2D eigenvalue weighted by Crippen LogP contribution is -2.04. The lowest BCUT2D eigenvalue weighted by molar-refractivity contribution is 0.283. The van der Waals surface area contributed by atoms with Gasteiger partial charge in [-0.1, -0.05) is 23.7 Å². The number of hydrogen-bond acceptors (Lipinski definition) is 4. The van der Waals surface area contributed by atoms with Gasteiger partial charge in [0.05, 0.1) is 25.1 Å². The molecule has 0 saturated heterocycles.